The first kappa shape index (κ1) is 23.8. The second-order valence-electron chi connectivity index (χ2n) is 7.97. The van der Waals surface area contributed by atoms with Gasteiger partial charge in [0.15, 0.2) is 10.6 Å². The van der Waals surface area contributed by atoms with E-state index in [4.69, 9.17) is 25.5 Å². The highest BCUT2D eigenvalue weighted by Gasteiger charge is 2.45. The highest BCUT2D eigenvalue weighted by Crippen LogP contribution is 2.43. The van der Waals surface area contributed by atoms with Crippen LogP contribution in [0.25, 0.3) is 11.0 Å². The standard InChI is InChI=1S/C26H19ClN2O6S/c1-4-10-34-16-7-5-6-14(11-16)20-19-21(30)17-12-15(27)8-9-18(17)35-22(19)24(31)29(20)26-28-13(2)23(36-26)25(32)33-3/h4-9,11-12,20H,1,10H2,2-3H3. The quantitative estimate of drug-likeness (QED) is 0.250. The number of hydrogen-bond acceptors (Lipinski definition) is 8. The molecule has 0 bridgehead atoms. The first-order valence-electron chi connectivity index (χ1n) is 10.8. The van der Waals surface area contributed by atoms with Crippen LogP contribution >= 0.6 is 22.9 Å². The van der Waals surface area contributed by atoms with Gasteiger partial charge in [-0.3, -0.25) is 14.5 Å². The summed E-state index contributed by atoms with van der Waals surface area (Å²) < 4.78 is 16.5. The van der Waals surface area contributed by atoms with Crippen LogP contribution in [0.15, 0.2) is 64.3 Å². The molecule has 8 nitrogen and oxygen atoms in total. The lowest BCUT2D eigenvalue weighted by Gasteiger charge is -2.23. The maximum absolute atomic E-state index is 13.7. The summed E-state index contributed by atoms with van der Waals surface area (Å²) in [6.07, 6.45) is 1.62. The molecule has 5 rings (SSSR count). The number of nitrogens with zero attached hydrogens (tertiary/aromatic N) is 2. The van der Waals surface area contributed by atoms with Gasteiger partial charge in [-0.15, -0.1) is 0 Å². The van der Waals surface area contributed by atoms with Crippen molar-refractivity contribution in [3.8, 4) is 5.75 Å². The van der Waals surface area contributed by atoms with Crippen molar-refractivity contribution in [2.45, 2.75) is 13.0 Å². The van der Waals surface area contributed by atoms with Crippen LogP contribution in [-0.4, -0.2) is 30.6 Å². The summed E-state index contributed by atoms with van der Waals surface area (Å²) in [5.41, 5.74) is 1.02. The number of esters is 1. The molecule has 0 spiro atoms. The van der Waals surface area contributed by atoms with E-state index < -0.39 is 17.9 Å². The van der Waals surface area contributed by atoms with Crippen molar-refractivity contribution < 1.29 is 23.5 Å². The summed E-state index contributed by atoms with van der Waals surface area (Å²) in [6.45, 7) is 5.60. The number of amides is 1. The van der Waals surface area contributed by atoms with Crippen molar-refractivity contribution in [3.05, 3.63) is 97.8 Å². The SMILES string of the molecule is C=CCOc1cccc(C2c3c(oc4ccc(Cl)cc4c3=O)C(=O)N2c2nc(C)c(C(=O)OC)s2)c1. The van der Waals surface area contributed by atoms with E-state index in [9.17, 15) is 14.4 Å². The van der Waals surface area contributed by atoms with E-state index in [1.54, 1.807) is 49.4 Å². The molecule has 2 aromatic heterocycles. The van der Waals surface area contributed by atoms with Gasteiger partial charge in [-0.05, 0) is 42.8 Å². The number of anilines is 1. The number of benzene rings is 2. The number of fused-ring (bicyclic) bond motifs is 2. The number of hydrogen-bond donors (Lipinski definition) is 0. The summed E-state index contributed by atoms with van der Waals surface area (Å²) in [7, 11) is 1.27. The lowest BCUT2D eigenvalue weighted by Crippen LogP contribution is -2.29. The molecule has 1 amide bonds. The number of methoxy groups -OCH3 is 1. The number of aryl methyl sites for hydroxylation is 1. The van der Waals surface area contributed by atoms with Gasteiger partial charge in [-0.2, -0.15) is 0 Å². The fourth-order valence-corrected chi connectivity index (χ4v) is 5.34. The second-order valence-corrected chi connectivity index (χ2v) is 9.38. The molecule has 182 valence electrons. The van der Waals surface area contributed by atoms with E-state index in [2.05, 4.69) is 11.6 Å². The predicted octanol–water partition coefficient (Wildman–Crippen LogP) is 5.31. The first-order valence-corrected chi connectivity index (χ1v) is 12.0. The average Bonchev–Trinajstić information content (AvgIpc) is 3.40. The summed E-state index contributed by atoms with van der Waals surface area (Å²) in [5, 5.41) is 0.851. The summed E-state index contributed by atoms with van der Waals surface area (Å²) in [6, 6.07) is 10.8. The Balaban J connectivity index is 1.76. The van der Waals surface area contributed by atoms with Gasteiger partial charge < -0.3 is 13.9 Å². The molecule has 1 atom stereocenters. The third-order valence-corrected chi connectivity index (χ3v) is 7.11. The number of ether oxygens (including phenoxy) is 2. The van der Waals surface area contributed by atoms with Crippen molar-refractivity contribution >= 4 is 50.9 Å². The molecule has 2 aromatic carbocycles. The Hall–Kier alpha value is -3.95. The minimum Gasteiger partial charge on any atom is -0.490 e. The molecule has 1 aliphatic rings. The normalized spacial score (nSPS) is 14.7. The Morgan fingerprint density at radius 3 is 2.83 bits per heavy atom. The fourth-order valence-electron chi connectivity index (χ4n) is 4.15. The van der Waals surface area contributed by atoms with Crippen molar-refractivity contribution in [3.63, 3.8) is 0 Å². The molecule has 1 aliphatic heterocycles. The molecule has 10 heteroatoms. The zero-order valence-corrected chi connectivity index (χ0v) is 20.8. The zero-order valence-electron chi connectivity index (χ0n) is 19.2. The molecular weight excluding hydrogens is 504 g/mol. The van der Waals surface area contributed by atoms with E-state index >= 15 is 0 Å². The van der Waals surface area contributed by atoms with Crippen LogP contribution in [0.2, 0.25) is 5.02 Å². The van der Waals surface area contributed by atoms with Crippen LogP contribution in [0.4, 0.5) is 5.13 Å². The monoisotopic (exact) mass is 522 g/mol. The Kier molecular flexibility index (Phi) is 6.11. The highest BCUT2D eigenvalue weighted by molar-refractivity contribution is 7.17. The first-order chi connectivity index (χ1) is 17.3. The van der Waals surface area contributed by atoms with Gasteiger partial charge >= 0.3 is 5.97 Å². The van der Waals surface area contributed by atoms with Crippen molar-refractivity contribution in [2.24, 2.45) is 0 Å². The molecule has 0 N–H and O–H groups in total. The van der Waals surface area contributed by atoms with Gasteiger partial charge in [-0.1, -0.05) is 47.7 Å². The molecule has 0 saturated heterocycles. The minimum absolute atomic E-state index is 0.0929. The number of halogens is 1. The van der Waals surface area contributed by atoms with E-state index in [0.29, 0.717) is 22.0 Å². The van der Waals surface area contributed by atoms with Gasteiger partial charge in [0.1, 0.15) is 22.8 Å². The third kappa shape index (κ3) is 3.86. The molecule has 0 fully saturated rings. The number of carbonyl (C=O) groups is 2. The summed E-state index contributed by atoms with van der Waals surface area (Å²) >= 11 is 7.15. The van der Waals surface area contributed by atoms with Crippen molar-refractivity contribution in [2.75, 3.05) is 18.6 Å². The lowest BCUT2D eigenvalue weighted by molar-refractivity contribution is 0.0605. The van der Waals surface area contributed by atoms with Crippen LogP contribution in [-0.2, 0) is 4.74 Å². The number of rotatable bonds is 6. The van der Waals surface area contributed by atoms with E-state index in [1.807, 2.05) is 0 Å². The smallest absolute Gasteiger partial charge is 0.350 e. The largest absolute Gasteiger partial charge is 0.490 e. The molecular formula is C26H19ClN2O6S. The molecule has 36 heavy (non-hydrogen) atoms. The fraction of sp³-hybridized carbons (Fsp3) is 0.154. The Bertz CT molecular complexity index is 1610. The van der Waals surface area contributed by atoms with Crippen LogP contribution in [0.5, 0.6) is 5.75 Å². The maximum atomic E-state index is 13.7. The van der Waals surface area contributed by atoms with E-state index in [-0.39, 0.29) is 44.3 Å². The Labute approximate surface area is 214 Å². The van der Waals surface area contributed by atoms with Crippen LogP contribution < -0.4 is 15.1 Å². The maximum Gasteiger partial charge on any atom is 0.350 e. The number of carbonyl (C=O) groups excluding carboxylic acids is 2. The second kappa shape index (κ2) is 9.25. The third-order valence-electron chi connectivity index (χ3n) is 5.74. The predicted molar refractivity (Wildman–Crippen MR) is 136 cm³/mol. The zero-order chi connectivity index (χ0) is 25.6. The van der Waals surface area contributed by atoms with Gasteiger partial charge in [0.25, 0.3) is 5.91 Å². The van der Waals surface area contributed by atoms with Crippen LogP contribution in [0, 0.1) is 6.92 Å². The molecule has 1 unspecified atom stereocenters. The van der Waals surface area contributed by atoms with Crippen LogP contribution in [0.1, 0.15) is 43.1 Å². The minimum atomic E-state index is -0.879. The molecule has 0 radical (unpaired) electrons. The molecule has 3 heterocycles. The Morgan fingerprint density at radius 1 is 1.28 bits per heavy atom. The van der Waals surface area contributed by atoms with E-state index in [0.717, 1.165) is 11.3 Å². The molecule has 4 aromatic rings. The van der Waals surface area contributed by atoms with Crippen molar-refractivity contribution in [1.82, 2.24) is 4.98 Å². The topological polar surface area (TPSA) is 98.9 Å². The molecule has 0 saturated carbocycles. The van der Waals surface area contributed by atoms with Gasteiger partial charge in [0.2, 0.25) is 5.76 Å². The summed E-state index contributed by atoms with van der Waals surface area (Å²) in [5.74, 6) is -0.672. The summed E-state index contributed by atoms with van der Waals surface area (Å²) in [4.78, 5) is 45.8. The lowest BCUT2D eigenvalue weighted by atomic mass is 9.98. The average molecular weight is 523 g/mol. The van der Waals surface area contributed by atoms with E-state index in [1.165, 1.54) is 18.1 Å². The van der Waals surface area contributed by atoms with Gasteiger partial charge in [0, 0.05) is 5.02 Å². The van der Waals surface area contributed by atoms with Gasteiger partial charge in [0.05, 0.1) is 29.8 Å². The number of thiazole rings is 1. The Morgan fingerprint density at radius 2 is 2.08 bits per heavy atom. The van der Waals surface area contributed by atoms with Gasteiger partial charge in [-0.25, -0.2) is 9.78 Å². The highest BCUT2D eigenvalue weighted by atomic mass is 35.5. The molecule has 0 aliphatic carbocycles. The van der Waals surface area contributed by atoms with Crippen molar-refractivity contribution in [1.29, 1.82) is 0 Å². The van der Waals surface area contributed by atoms with Crippen LogP contribution in [0.3, 0.4) is 0 Å². The number of aromatic nitrogens is 1.